The van der Waals surface area contributed by atoms with Crippen molar-refractivity contribution in [1.29, 1.82) is 0 Å². The molecule has 0 aliphatic heterocycles. The first-order valence-electron chi connectivity index (χ1n) is 7.55. The van der Waals surface area contributed by atoms with E-state index in [1.165, 1.54) is 12.1 Å². The van der Waals surface area contributed by atoms with Crippen molar-refractivity contribution in [2.75, 3.05) is 6.26 Å². The number of sulfone groups is 1. The minimum absolute atomic E-state index is 0.0790. The van der Waals surface area contributed by atoms with Crippen LogP contribution in [0.15, 0.2) is 45.9 Å². The van der Waals surface area contributed by atoms with Gasteiger partial charge >= 0.3 is 0 Å². The van der Waals surface area contributed by atoms with E-state index in [0.29, 0.717) is 0 Å². The molecule has 0 aliphatic carbocycles. The third kappa shape index (κ3) is 4.91. The van der Waals surface area contributed by atoms with Gasteiger partial charge in [0.1, 0.15) is 16.5 Å². The fourth-order valence-electron chi connectivity index (χ4n) is 2.51. The lowest BCUT2D eigenvalue weighted by Gasteiger charge is -2.20. The van der Waals surface area contributed by atoms with Crippen LogP contribution < -0.4 is 5.32 Å². The topological polar surface area (TPSA) is 59.3 Å². The van der Waals surface area contributed by atoms with E-state index in [0.717, 1.165) is 30.4 Å². The Morgan fingerprint density at radius 1 is 1.26 bits per heavy atom. The van der Waals surface area contributed by atoms with E-state index in [-0.39, 0.29) is 17.0 Å². The van der Waals surface area contributed by atoms with Gasteiger partial charge in [-0.2, -0.15) is 0 Å². The number of rotatable bonds is 7. The largest absolute Gasteiger partial charge is 0.469 e. The average Bonchev–Trinajstić information content (AvgIpc) is 2.96. The molecular weight excluding hydrogens is 317 g/mol. The molecule has 6 heteroatoms. The molecule has 4 nitrogen and oxygen atoms in total. The van der Waals surface area contributed by atoms with E-state index in [1.807, 2.05) is 19.1 Å². The van der Waals surface area contributed by atoms with Crippen LogP contribution >= 0.6 is 0 Å². The third-order valence-electron chi connectivity index (χ3n) is 3.79. The van der Waals surface area contributed by atoms with Gasteiger partial charge < -0.3 is 9.73 Å². The molecule has 0 spiro atoms. The van der Waals surface area contributed by atoms with Crippen molar-refractivity contribution >= 4 is 9.84 Å². The maximum atomic E-state index is 14.0. The van der Waals surface area contributed by atoms with Crippen molar-refractivity contribution in [3.63, 3.8) is 0 Å². The normalized spacial score (nSPS) is 14.6. The van der Waals surface area contributed by atoms with Gasteiger partial charge in [0.25, 0.3) is 0 Å². The Morgan fingerprint density at radius 3 is 2.57 bits per heavy atom. The molecule has 126 valence electrons. The number of hydrogen-bond donors (Lipinski definition) is 1. The molecule has 0 bridgehead atoms. The quantitative estimate of drug-likeness (QED) is 0.839. The molecule has 1 aromatic carbocycles. The summed E-state index contributed by atoms with van der Waals surface area (Å²) >= 11 is 0. The summed E-state index contributed by atoms with van der Waals surface area (Å²) in [5, 5.41) is 3.39. The Bertz CT molecular complexity index is 741. The van der Waals surface area contributed by atoms with Gasteiger partial charge in [-0.15, -0.1) is 0 Å². The minimum Gasteiger partial charge on any atom is -0.469 e. The highest BCUT2D eigenvalue weighted by atomic mass is 32.2. The highest BCUT2D eigenvalue weighted by molar-refractivity contribution is 7.90. The Morgan fingerprint density at radius 2 is 2.00 bits per heavy atom. The summed E-state index contributed by atoms with van der Waals surface area (Å²) in [5.74, 6) is 0.233. The van der Waals surface area contributed by atoms with Crippen LogP contribution in [0.1, 0.15) is 37.6 Å². The van der Waals surface area contributed by atoms with E-state index in [9.17, 15) is 12.8 Å². The maximum Gasteiger partial charge on any atom is 0.178 e. The molecule has 0 radical (unpaired) electrons. The molecule has 0 saturated heterocycles. The summed E-state index contributed by atoms with van der Waals surface area (Å²) in [6.45, 7) is 3.99. The number of aryl methyl sites for hydroxylation is 1. The predicted molar refractivity (Wildman–Crippen MR) is 87.6 cm³/mol. The predicted octanol–water partition coefficient (Wildman–Crippen LogP) is 3.49. The molecular formula is C17H22FNO3S. The van der Waals surface area contributed by atoms with Crippen LogP contribution in [0.3, 0.4) is 0 Å². The van der Waals surface area contributed by atoms with Crippen LogP contribution in [0, 0.1) is 5.82 Å². The molecule has 1 aromatic heterocycles. The van der Waals surface area contributed by atoms with Crippen molar-refractivity contribution in [3.05, 3.63) is 53.7 Å². The Labute approximate surface area is 136 Å². The van der Waals surface area contributed by atoms with Crippen molar-refractivity contribution in [1.82, 2.24) is 5.32 Å². The Hall–Kier alpha value is -1.66. The lowest BCUT2D eigenvalue weighted by Crippen LogP contribution is -2.29. The molecule has 2 atom stereocenters. The van der Waals surface area contributed by atoms with Gasteiger partial charge in [-0.1, -0.05) is 6.07 Å². The van der Waals surface area contributed by atoms with E-state index < -0.39 is 15.7 Å². The van der Waals surface area contributed by atoms with Crippen LogP contribution in [-0.4, -0.2) is 20.7 Å². The Kier molecular flexibility index (Phi) is 5.59. The summed E-state index contributed by atoms with van der Waals surface area (Å²) in [4.78, 5) is -0.265. The second-order valence-electron chi connectivity index (χ2n) is 5.87. The summed E-state index contributed by atoms with van der Waals surface area (Å²) < 4.78 is 42.2. The second-order valence-corrected chi connectivity index (χ2v) is 7.85. The number of halogens is 1. The van der Waals surface area contributed by atoms with Gasteiger partial charge in [-0.3, -0.25) is 0 Å². The lowest BCUT2D eigenvalue weighted by molar-refractivity contribution is 0.429. The smallest absolute Gasteiger partial charge is 0.178 e. The van der Waals surface area contributed by atoms with E-state index in [4.69, 9.17) is 4.42 Å². The molecule has 0 saturated carbocycles. The standard InChI is InChI=1S/C17H22FNO3S/c1-12(6-8-15-5-4-10-22-15)19-13(2)14-7-9-17(16(18)11-14)23(3,20)21/h4-5,7,9-13,19H,6,8H2,1-3H3/t12-,13+/m1/s1. The van der Waals surface area contributed by atoms with Crippen LogP contribution in [0.4, 0.5) is 4.39 Å². The third-order valence-corrected chi connectivity index (χ3v) is 4.92. The second kappa shape index (κ2) is 7.27. The van der Waals surface area contributed by atoms with Crippen LogP contribution in [0.5, 0.6) is 0 Å². The van der Waals surface area contributed by atoms with Gasteiger partial charge in [0.15, 0.2) is 9.84 Å². The molecule has 0 amide bonds. The fraction of sp³-hybridized carbons (Fsp3) is 0.412. The van der Waals surface area contributed by atoms with Crippen LogP contribution in [0.25, 0.3) is 0 Å². The number of hydrogen-bond acceptors (Lipinski definition) is 4. The maximum absolute atomic E-state index is 14.0. The summed E-state index contributed by atoms with van der Waals surface area (Å²) in [6, 6.07) is 8.20. The van der Waals surface area contributed by atoms with Gasteiger partial charge in [0, 0.05) is 24.8 Å². The van der Waals surface area contributed by atoms with Gasteiger partial charge in [-0.05, 0) is 50.1 Å². The monoisotopic (exact) mass is 339 g/mol. The molecule has 0 unspecified atom stereocenters. The fourth-order valence-corrected chi connectivity index (χ4v) is 3.24. The first kappa shape index (κ1) is 17.7. The summed E-state index contributed by atoms with van der Waals surface area (Å²) in [7, 11) is -3.54. The molecule has 2 aromatic rings. The van der Waals surface area contributed by atoms with Crippen molar-refractivity contribution in [2.24, 2.45) is 0 Å². The van der Waals surface area contributed by atoms with Gasteiger partial charge in [0.2, 0.25) is 0 Å². The molecule has 1 heterocycles. The summed E-state index contributed by atoms with van der Waals surface area (Å²) in [6.07, 6.45) is 4.38. The molecule has 0 aliphatic rings. The molecule has 0 fully saturated rings. The minimum atomic E-state index is -3.54. The van der Waals surface area contributed by atoms with Crippen LogP contribution in [-0.2, 0) is 16.3 Å². The van der Waals surface area contributed by atoms with Gasteiger partial charge in [0.05, 0.1) is 6.26 Å². The molecule has 1 N–H and O–H groups in total. The summed E-state index contributed by atoms with van der Waals surface area (Å²) in [5.41, 5.74) is 0.722. The average molecular weight is 339 g/mol. The molecule has 2 rings (SSSR count). The number of nitrogens with one attached hydrogen (secondary N) is 1. The zero-order valence-corrected chi connectivity index (χ0v) is 14.4. The highest BCUT2D eigenvalue weighted by Crippen LogP contribution is 2.21. The zero-order chi connectivity index (χ0) is 17.0. The first-order chi connectivity index (χ1) is 10.8. The van der Waals surface area contributed by atoms with Crippen LogP contribution in [0.2, 0.25) is 0 Å². The SMILES string of the molecule is C[C@H](CCc1ccco1)N[C@@H](C)c1ccc(S(C)(=O)=O)c(F)c1. The van der Waals surface area contributed by atoms with Gasteiger partial charge in [-0.25, -0.2) is 12.8 Å². The number of benzene rings is 1. The Balaban J connectivity index is 1.97. The zero-order valence-electron chi connectivity index (χ0n) is 13.5. The first-order valence-corrected chi connectivity index (χ1v) is 9.44. The van der Waals surface area contributed by atoms with E-state index >= 15 is 0 Å². The van der Waals surface area contributed by atoms with E-state index in [1.54, 1.807) is 12.3 Å². The lowest BCUT2D eigenvalue weighted by atomic mass is 10.1. The van der Waals surface area contributed by atoms with Crippen molar-refractivity contribution in [3.8, 4) is 0 Å². The van der Waals surface area contributed by atoms with Crippen molar-refractivity contribution in [2.45, 2.75) is 43.7 Å². The van der Waals surface area contributed by atoms with Crippen molar-refractivity contribution < 1.29 is 17.2 Å². The highest BCUT2D eigenvalue weighted by Gasteiger charge is 2.16. The number of furan rings is 1. The van der Waals surface area contributed by atoms with E-state index in [2.05, 4.69) is 12.2 Å². The molecule has 23 heavy (non-hydrogen) atoms.